The van der Waals surface area contributed by atoms with Gasteiger partial charge < -0.3 is 4.74 Å². The van der Waals surface area contributed by atoms with E-state index >= 15 is 0 Å². The molecule has 0 radical (unpaired) electrons. The zero-order valence-electron chi connectivity index (χ0n) is 8.97. The summed E-state index contributed by atoms with van der Waals surface area (Å²) < 4.78 is 6.17. The van der Waals surface area contributed by atoms with E-state index in [2.05, 4.69) is 33.9 Å². The van der Waals surface area contributed by atoms with Crippen LogP contribution in [0.3, 0.4) is 0 Å². The topological polar surface area (TPSA) is 22.1 Å². The Kier molecular flexibility index (Phi) is 2.65. The van der Waals surface area contributed by atoms with Crippen LogP contribution in [0, 0.1) is 13.8 Å². The van der Waals surface area contributed by atoms with Crippen molar-refractivity contribution in [3.05, 3.63) is 33.9 Å². The summed E-state index contributed by atoms with van der Waals surface area (Å²) in [4.78, 5) is 4.52. The SMILES string of the molecule is COc1ccc2c(C)cc(C)nc2c1Br. The molecule has 0 aliphatic carbocycles. The van der Waals surface area contributed by atoms with Gasteiger partial charge in [0.15, 0.2) is 0 Å². The molecule has 0 aliphatic heterocycles. The molecule has 0 aliphatic rings. The first kappa shape index (κ1) is 10.4. The number of ether oxygens (including phenoxy) is 1. The summed E-state index contributed by atoms with van der Waals surface area (Å²) in [6.45, 7) is 4.09. The maximum absolute atomic E-state index is 5.25. The standard InChI is InChI=1S/C12H12BrNO/c1-7-6-8(2)14-12-9(7)4-5-10(15-3)11(12)13/h4-6H,1-3H3. The zero-order chi connectivity index (χ0) is 11.0. The molecule has 0 bridgehead atoms. The Hall–Kier alpha value is -1.09. The summed E-state index contributed by atoms with van der Waals surface area (Å²) >= 11 is 3.52. The summed E-state index contributed by atoms with van der Waals surface area (Å²) in [7, 11) is 1.66. The number of pyridine rings is 1. The first-order valence-electron chi connectivity index (χ1n) is 4.74. The lowest BCUT2D eigenvalue weighted by atomic mass is 10.1. The van der Waals surface area contributed by atoms with Crippen LogP contribution < -0.4 is 4.74 Å². The van der Waals surface area contributed by atoms with Crippen LogP contribution in [0.4, 0.5) is 0 Å². The number of aromatic nitrogens is 1. The van der Waals surface area contributed by atoms with E-state index in [1.54, 1.807) is 7.11 Å². The molecule has 1 aromatic heterocycles. The fourth-order valence-corrected chi connectivity index (χ4v) is 2.33. The van der Waals surface area contributed by atoms with Gasteiger partial charge in [-0.05, 0) is 53.5 Å². The van der Waals surface area contributed by atoms with Gasteiger partial charge in [-0.15, -0.1) is 0 Å². The van der Waals surface area contributed by atoms with Gasteiger partial charge >= 0.3 is 0 Å². The Morgan fingerprint density at radius 3 is 2.67 bits per heavy atom. The van der Waals surface area contributed by atoms with Crippen molar-refractivity contribution in [2.75, 3.05) is 7.11 Å². The minimum atomic E-state index is 0.819. The highest BCUT2D eigenvalue weighted by atomic mass is 79.9. The molecule has 2 aromatic rings. The van der Waals surface area contributed by atoms with E-state index in [9.17, 15) is 0 Å². The Morgan fingerprint density at radius 2 is 2.00 bits per heavy atom. The number of nitrogens with zero attached hydrogens (tertiary/aromatic N) is 1. The molecule has 0 spiro atoms. The fourth-order valence-electron chi connectivity index (χ4n) is 1.73. The predicted octanol–water partition coefficient (Wildman–Crippen LogP) is 3.62. The minimum Gasteiger partial charge on any atom is -0.495 e. The molecule has 2 nitrogen and oxygen atoms in total. The number of hydrogen-bond acceptors (Lipinski definition) is 2. The lowest BCUT2D eigenvalue weighted by Crippen LogP contribution is -1.91. The number of rotatable bonds is 1. The summed E-state index contributed by atoms with van der Waals surface area (Å²) in [5.41, 5.74) is 3.22. The molecule has 0 unspecified atom stereocenters. The van der Waals surface area contributed by atoms with Crippen LogP contribution in [0.25, 0.3) is 10.9 Å². The quantitative estimate of drug-likeness (QED) is 0.786. The first-order chi connectivity index (χ1) is 7.13. The van der Waals surface area contributed by atoms with Gasteiger partial charge in [-0.2, -0.15) is 0 Å². The highest BCUT2D eigenvalue weighted by Crippen LogP contribution is 2.33. The molecule has 78 valence electrons. The van der Waals surface area contributed by atoms with Crippen molar-refractivity contribution in [3.8, 4) is 5.75 Å². The number of methoxy groups -OCH3 is 1. The molecular weight excluding hydrogens is 254 g/mol. The van der Waals surface area contributed by atoms with Crippen LogP contribution >= 0.6 is 15.9 Å². The normalized spacial score (nSPS) is 10.7. The number of halogens is 1. The molecule has 15 heavy (non-hydrogen) atoms. The van der Waals surface area contributed by atoms with Gasteiger partial charge in [0.1, 0.15) is 5.75 Å². The molecular formula is C12H12BrNO. The smallest absolute Gasteiger partial charge is 0.135 e. The second-order valence-corrected chi connectivity index (χ2v) is 4.35. The van der Waals surface area contributed by atoms with E-state index in [0.29, 0.717) is 0 Å². The van der Waals surface area contributed by atoms with Crippen molar-refractivity contribution in [1.29, 1.82) is 0 Å². The van der Waals surface area contributed by atoms with Gasteiger partial charge in [-0.3, -0.25) is 4.98 Å². The molecule has 0 atom stereocenters. The lowest BCUT2D eigenvalue weighted by molar-refractivity contribution is 0.413. The number of fused-ring (bicyclic) bond motifs is 1. The Balaban J connectivity index is 2.86. The van der Waals surface area contributed by atoms with Crippen molar-refractivity contribution in [2.24, 2.45) is 0 Å². The number of benzene rings is 1. The van der Waals surface area contributed by atoms with Crippen molar-refractivity contribution in [1.82, 2.24) is 4.98 Å². The third kappa shape index (κ3) is 1.72. The maximum Gasteiger partial charge on any atom is 0.135 e. The zero-order valence-corrected chi connectivity index (χ0v) is 10.6. The Morgan fingerprint density at radius 1 is 1.27 bits per heavy atom. The van der Waals surface area contributed by atoms with Crippen molar-refractivity contribution in [2.45, 2.75) is 13.8 Å². The van der Waals surface area contributed by atoms with Gasteiger partial charge in [0.2, 0.25) is 0 Å². The molecule has 1 heterocycles. The lowest BCUT2D eigenvalue weighted by Gasteiger charge is -2.08. The van der Waals surface area contributed by atoms with Crippen molar-refractivity contribution >= 4 is 26.8 Å². The maximum atomic E-state index is 5.25. The highest BCUT2D eigenvalue weighted by molar-refractivity contribution is 9.10. The molecule has 3 heteroatoms. The predicted molar refractivity (Wildman–Crippen MR) is 65.5 cm³/mol. The van der Waals surface area contributed by atoms with Gasteiger partial charge in [0, 0.05) is 11.1 Å². The average molecular weight is 266 g/mol. The van der Waals surface area contributed by atoms with E-state index < -0.39 is 0 Å². The Bertz CT molecular complexity index is 523. The summed E-state index contributed by atoms with van der Waals surface area (Å²) in [5.74, 6) is 0.819. The molecule has 0 fully saturated rings. The third-order valence-electron chi connectivity index (χ3n) is 2.44. The Labute approximate surface area is 97.4 Å². The molecule has 1 aromatic carbocycles. The summed E-state index contributed by atoms with van der Waals surface area (Å²) in [6, 6.07) is 6.08. The number of hydrogen-bond donors (Lipinski definition) is 0. The third-order valence-corrected chi connectivity index (χ3v) is 3.21. The monoisotopic (exact) mass is 265 g/mol. The molecule has 0 saturated carbocycles. The van der Waals surface area contributed by atoms with Gasteiger partial charge in [0.05, 0.1) is 17.1 Å². The number of aryl methyl sites for hydroxylation is 2. The molecule has 2 rings (SSSR count). The van der Waals surface area contributed by atoms with Crippen molar-refractivity contribution < 1.29 is 4.74 Å². The first-order valence-corrected chi connectivity index (χ1v) is 5.53. The van der Waals surface area contributed by atoms with E-state index in [-0.39, 0.29) is 0 Å². The second-order valence-electron chi connectivity index (χ2n) is 3.56. The highest BCUT2D eigenvalue weighted by Gasteiger charge is 2.08. The van der Waals surface area contributed by atoms with E-state index in [1.807, 2.05) is 19.1 Å². The van der Waals surface area contributed by atoms with Crippen LogP contribution in [0.2, 0.25) is 0 Å². The summed E-state index contributed by atoms with van der Waals surface area (Å²) in [5, 5.41) is 1.16. The van der Waals surface area contributed by atoms with Gasteiger partial charge in [-0.1, -0.05) is 0 Å². The van der Waals surface area contributed by atoms with Crippen LogP contribution in [0.15, 0.2) is 22.7 Å². The minimum absolute atomic E-state index is 0.819. The van der Waals surface area contributed by atoms with Gasteiger partial charge in [0.25, 0.3) is 0 Å². The summed E-state index contributed by atoms with van der Waals surface area (Å²) in [6.07, 6.45) is 0. The van der Waals surface area contributed by atoms with E-state index in [4.69, 9.17) is 4.74 Å². The molecule has 0 N–H and O–H groups in total. The van der Waals surface area contributed by atoms with E-state index in [0.717, 1.165) is 26.8 Å². The molecule has 0 amide bonds. The van der Waals surface area contributed by atoms with E-state index in [1.165, 1.54) is 5.56 Å². The average Bonchev–Trinajstić information content (AvgIpc) is 2.19. The van der Waals surface area contributed by atoms with Crippen LogP contribution in [0.1, 0.15) is 11.3 Å². The molecule has 0 saturated heterocycles. The second kappa shape index (κ2) is 3.81. The van der Waals surface area contributed by atoms with Crippen LogP contribution in [-0.2, 0) is 0 Å². The van der Waals surface area contributed by atoms with Crippen LogP contribution in [-0.4, -0.2) is 12.1 Å². The largest absolute Gasteiger partial charge is 0.495 e. The van der Waals surface area contributed by atoms with Crippen molar-refractivity contribution in [3.63, 3.8) is 0 Å². The fraction of sp³-hybridized carbons (Fsp3) is 0.250. The van der Waals surface area contributed by atoms with Crippen LogP contribution in [0.5, 0.6) is 5.75 Å². The van der Waals surface area contributed by atoms with Gasteiger partial charge in [-0.25, -0.2) is 0 Å².